The van der Waals surface area contributed by atoms with Crippen molar-refractivity contribution in [3.05, 3.63) is 77.7 Å². The van der Waals surface area contributed by atoms with Gasteiger partial charge in [0, 0.05) is 11.7 Å². The van der Waals surface area contributed by atoms with Gasteiger partial charge in [-0.05, 0) is 64.8 Å². The molecular formula is C28H40F3NO3PRuS+. The fourth-order valence-electron chi connectivity index (χ4n) is 4.45. The fourth-order valence-corrected chi connectivity index (χ4v) is 7.72. The Bertz CT molecular complexity index is 976. The van der Waals surface area contributed by atoms with Crippen LogP contribution < -0.4 is 0 Å². The largest absolute Gasteiger partial charge is 3.00 e. The van der Waals surface area contributed by atoms with E-state index in [0.717, 1.165) is 6.42 Å². The molecule has 6 radical (unpaired) electrons. The maximum absolute atomic E-state index is 10.7. The second-order valence-corrected chi connectivity index (χ2v) is 14.6. The molecule has 0 atom stereocenters. The monoisotopic (exact) mass is 660 g/mol. The number of alkyl halides is 3. The summed E-state index contributed by atoms with van der Waals surface area (Å²) >= 11 is 0. The van der Waals surface area contributed by atoms with Gasteiger partial charge in [-0.1, -0.05) is 94.5 Å². The van der Waals surface area contributed by atoms with Gasteiger partial charge in [0.2, 0.25) is 0 Å². The van der Waals surface area contributed by atoms with Crippen LogP contribution in [0.2, 0.25) is 0 Å². The van der Waals surface area contributed by atoms with Crippen LogP contribution in [0.1, 0.15) is 73.4 Å². The molecule has 3 rings (SSSR count). The quantitative estimate of drug-likeness (QED) is 0.108. The third kappa shape index (κ3) is 9.28. The second-order valence-electron chi connectivity index (χ2n) is 9.95. The Morgan fingerprint density at radius 1 is 0.895 bits per heavy atom. The second kappa shape index (κ2) is 14.9. The summed E-state index contributed by atoms with van der Waals surface area (Å²) < 4.78 is 58.9. The number of halogens is 3. The minimum absolute atomic E-state index is 0. The van der Waals surface area contributed by atoms with Crippen molar-refractivity contribution in [3.8, 4) is 0 Å². The molecule has 2 aliphatic carbocycles. The third-order valence-electron chi connectivity index (χ3n) is 6.83. The van der Waals surface area contributed by atoms with Gasteiger partial charge < -0.3 is 9.45 Å². The SMILES string of the molecule is C[C]1[C](C)[C](C)[C](C)[C]1C.O=S(=O)([O-])C(F)(F)F.[CH2-]N(C)C1=C(P(C(C)C)C(C)C)c2ccccc2C1.[Ru+3]. The molecule has 0 heterocycles. The van der Waals surface area contributed by atoms with Gasteiger partial charge >= 0.3 is 25.0 Å². The Hall–Kier alpha value is -0.487. The molecule has 1 aromatic rings. The summed E-state index contributed by atoms with van der Waals surface area (Å²) in [5.74, 6) is 7.34. The van der Waals surface area contributed by atoms with Crippen LogP contribution >= 0.6 is 7.92 Å². The van der Waals surface area contributed by atoms with Crippen molar-refractivity contribution in [3.63, 3.8) is 0 Å². The van der Waals surface area contributed by atoms with Crippen molar-refractivity contribution in [2.75, 3.05) is 7.05 Å². The topological polar surface area (TPSA) is 60.4 Å². The molecule has 0 bridgehead atoms. The Labute approximate surface area is 243 Å². The smallest absolute Gasteiger partial charge is 0.741 e. The van der Waals surface area contributed by atoms with Gasteiger partial charge in [0.05, 0.1) is 0 Å². The van der Waals surface area contributed by atoms with Crippen LogP contribution in [0.15, 0.2) is 30.0 Å². The molecule has 0 N–H and O–H groups in total. The molecule has 214 valence electrons. The number of fused-ring (bicyclic) bond motifs is 1. The van der Waals surface area contributed by atoms with E-state index in [0.29, 0.717) is 11.3 Å². The summed E-state index contributed by atoms with van der Waals surface area (Å²) in [6.07, 6.45) is 1.05. The summed E-state index contributed by atoms with van der Waals surface area (Å²) in [6, 6.07) is 8.87. The van der Waals surface area contributed by atoms with Gasteiger partial charge in [-0.15, -0.1) is 0 Å². The number of hydrogen-bond donors (Lipinski definition) is 0. The first-order chi connectivity index (χ1) is 16.7. The summed E-state index contributed by atoms with van der Waals surface area (Å²) in [5, 5.41) is 1.59. The molecule has 0 saturated heterocycles. The van der Waals surface area contributed by atoms with Crippen LogP contribution in [0.3, 0.4) is 0 Å². The predicted octanol–water partition coefficient (Wildman–Crippen LogP) is 7.95. The van der Waals surface area contributed by atoms with E-state index in [-0.39, 0.29) is 27.4 Å². The van der Waals surface area contributed by atoms with Gasteiger partial charge in [0.25, 0.3) is 0 Å². The first kappa shape index (κ1) is 37.5. The zero-order valence-corrected chi connectivity index (χ0v) is 27.3. The van der Waals surface area contributed by atoms with Crippen LogP contribution in [0, 0.1) is 36.6 Å². The number of rotatable bonds is 4. The van der Waals surface area contributed by atoms with Crippen molar-refractivity contribution in [2.45, 2.75) is 85.6 Å². The molecule has 10 heteroatoms. The van der Waals surface area contributed by atoms with Crippen LogP contribution in [0.25, 0.3) is 5.31 Å². The molecule has 0 aromatic heterocycles. The average molecular weight is 660 g/mol. The normalized spacial score (nSPS) is 17.8. The number of likely N-dealkylation sites (N-methyl/N-ethyl adjacent to an activating group) is 1. The van der Waals surface area contributed by atoms with E-state index >= 15 is 0 Å². The Morgan fingerprint density at radius 2 is 1.24 bits per heavy atom. The first-order valence-corrected chi connectivity index (χ1v) is 15.0. The van der Waals surface area contributed by atoms with E-state index in [2.05, 4.69) is 106 Å². The summed E-state index contributed by atoms with van der Waals surface area (Å²) in [5.41, 5.74) is 0.151. The maximum atomic E-state index is 10.7. The summed E-state index contributed by atoms with van der Waals surface area (Å²) in [6.45, 7) is 20.4. The third-order valence-corrected chi connectivity index (χ3v) is 10.6. The molecule has 0 unspecified atom stereocenters. The number of benzene rings is 1. The van der Waals surface area contributed by atoms with Crippen LogP contribution in [0.4, 0.5) is 13.2 Å². The molecule has 38 heavy (non-hydrogen) atoms. The van der Waals surface area contributed by atoms with E-state index in [4.69, 9.17) is 13.0 Å². The zero-order chi connectivity index (χ0) is 29.0. The van der Waals surface area contributed by atoms with Gasteiger partial charge in [-0.25, -0.2) is 8.42 Å². The van der Waals surface area contributed by atoms with Crippen LogP contribution in [-0.2, 0) is 36.0 Å². The molecule has 0 amide bonds. The Balaban J connectivity index is 0.000000608. The molecule has 0 spiro atoms. The van der Waals surface area contributed by atoms with Crippen molar-refractivity contribution in [1.82, 2.24) is 4.90 Å². The molecular weight excluding hydrogens is 619 g/mol. The average Bonchev–Trinajstić information content (AvgIpc) is 3.21. The predicted molar refractivity (Wildman–Crippen MR) is 148 cm³/mol. The molecule has 0 aliphatic heterocycles. The van der Waals surface area contributed by atoms with Crippen molar-refractivity contribution in [1.29, 1.82) is 0 Å². The first-order valence-electron chi connectivity index (χ1n) is 12.1. The summed E-state index contributed by atoms with van der Waals surface area (Å²) in [4.78, 5) is 2.08. The van der Waals surface area contributed by atoms with Crippen molar-refractivity contribution >= 4 is 23.4 Å². The van der Waals surface area contributed by atoms with Crippen LogP contribution in [0.5, 0.6) is 0 Å². The van der Waals surface area contributed by atoms with Gasteiger partial charge in [0.1, 0.15) is 0 Å². The minimum atomic E-state index is -6.09. The van der Waals surface area contributed by atoms with E-state index in [1.54, 1.807) is 5.31 Å². The van der Waals surface area contributed by atoms with Gasteiger partial charge in [-0.3, -0.25) is 7.05 Å². The molecule has 2 aliphatic rings. The summed E-state index contributed by atoms with van der Waals surface area (Å²) in [7, 11) is -0.0111. The van der Waals surface area contributed by atoms with Crippen LogP contribution in [-0.4, -0.2) is 41.7 Å². The molecule has 1 aromatic carbocycles. The van der Waals surface area contributed by atoms with Crippen molar-refractivity contribution < 1.29 is 45.6 Å². The molecule has 4 nitrogen and oxygen atoms in total. The van der Waals surface area contributed by atoms with Crippen molar-refractivity contribution in [2.24, 2.45) is 0 Å². The Morgan fingerprint density at radius 3 is 1.53 bits per heavy atom. The van der Waals surface area contributed by atoms with E-state index in [9.17, 15) is 13.2 Å². The van der Waals surface area contributed by atoms with E-state index in [1.165, 1.54) is 46.4 Å². The van der Waals surface area contributed by atoms with E-state index < -0.39 is 15.6 Å². The standard InChI is InChI=1S/C17H25NP.C10H15.CHF3O3S.Ru/c1-12(2)19(13(3)4)17-15-10-8-7-9-14(15)11-16(17)18(5)6;1-6-7(2)9(4)10(5)8(6)3;2-1(3,4)8(5,6)7;/h7-10,12-13H,5,11H2,1-4,6H3;1-5H3;(H,5,6,7);/q-1;;;+3/p-1. The Kier molecular flexibility index (Phi) is 14.8. The van der Waals surface area contributed by atoms with Gasteiger partial charge in [0.15, 0.2) is 10.1 Å². The van der Waals surface area contributed by atoms with E-state index in [1.807, 2.05) is 0 Å². The minimum Gasteiger partial charge on any atom is -0.741 e. The number of hydrogen-bond acceptors (Lipinski definition) is 4. The number of nitrogens with zero attached hydrogens (tertiary/aromatic N) is 1. The fraction of sp³-hybridized carbons (Fsp3) is 0.500. The molecule has 1 fully saturated rings. The maximum Gasteiger partial charge on any atom is 3.00 e. The number of allylic oxidation sites excluding steroid dienone is 1. The molecule has 1 saturated carbocycles. The zero-order valence-electron chi connectivity index (χ0n) is 23.9. The van der Waals surface area contributed by atoms with Gasteiger partial charge in [-0.2, -0.15) is 13.2 Å².